The maximum Gasteiger partial charge on any atom is 0.254 e. The number of likely N-dealkylation sites (tertiary alicyclic amines) is 1. The molecule has 3 atom stereocenters. The second-order valence-electron chi connectivity index (χ2n) is 7.14. The Hall–Kier alpha value is -2.89. The molecule has 1 saturated heterocycles. The summed E-state index contributed by atoms with van der Waals surface area (Å²) in [5.74, 6) is -0.436. The van der Waals surface area contributed by atoms with Gasteiger partial charge in [-0.05, 0) is 49.1 Å². The van der Waals surface area contributed by atoms with E-state index in [2.05, 4.69) is 5.32 Å². The molecule has 1 saturated carbocycles. The first-order chi connectivity index (χ1) is 13.1. The number of piperidine rings is 1. The van der Waals surface area contributed by atoms with Crippen molar-refractivity contribution in [1.29, 1.82) is 0 Å². The summed E-state index contributed by atoms with van der Waals surface area (Å²) in [7, 11) is 1.39. The van der Waals surface area contributed by atoms with Crippen LogP contribution in [0.5, 0.6) is 5.75 Å². The van der Waals surface area contributed by atoms with E-state index in [9.17, 15) is 14.0 Å². The minimum atomic E-state index is -0.541. The molecule has 2 aromatic rings. The molecule has 0 radical (unpaired) electrons. The summed E-state index contributed by atoms with van der Waals surface area (Å²) in [4.78, 5) is 26.9. The van der Waals surface area contributed by atoms with Crippen molar-refractivity contribution in [2.45, 2.75) is 24.9 Å². The van der Waals surface area contributed by atoms with Crippen LogP contribution in [0.2, 0.25) is 0 Å². The molecule has 5 nitrogen and oxygen atoms in total. The Kier molecular flexibility index (Phi) is 4.56. The maximum atomic E-state index is 13.9. The average molecular weight is 368 g/mol. The van der Waals surface area contributed by atoms with Crippen molar-refractivity contribution in [1.82, 2.24) is 10.2 Å². The largest absolute Gasteiger partial charge is 0.494 e. The Morgan fingerprint density at radius 3 is 2.52 bits per heavy atom. The van der Waals surface area contributed by atoms with E-state index in [1.807, 2.05) is 18.2 Å². The third-order valence-electron chi connectivity index (χ3n) is 5.55. The first-order valence-electron chi connectivity index (χ1n) is 9.07. The molecule has 2 aliphatic rings. The van der Waals surface area contributed by atoms with Crippen molar-refractivity contribution in [3.05, 3.63) is 65.5 Å². The molecule has 2 fully saturated rings. The molecule has 3 unspecified atom stereocenters. The Morgan fingerprint density at radius 2 is 1.89 bits per heavy atom. The fraction of sp³-hybridized carbons (Fsp3) is 0.333. The van der Waals surface area contributed by atoms with Crippen LogP contribution in [0.4, 0.5) is 4.39 Å². The van der Waals surface area contributed by atoms with Gasteiger partial charge in [0.1, 0.15) is 0 Å². The van der Waals surface area contributed by atoms with Gasteiger partial charge in [-0.15, -0.1) is 0 Å². The lowest BCUT2D eigenvalue weighted by Gasteiger charge is -2.32. The summed E-state index contributed by atoms with van der Waals surface area (Å²) in [5, 5.41) is 3.10. The number of fused-ring (bicyclic) bond motifs is 2. The molecule has 2 aromatic carbocycles. The molecule has 0 aromatic heterocycles. The van der Waals surface area contributed by atoms with Crippen LogP contribution in [-0.2, 0) is 0 Å². The molecule has 0 spiro atoms. The van der Waals surface area contributed by atoms with Crippen LogP contribution in [0.1, 0.15) is 33.6 Å². The summed E-state index contributed by atoms with van der Waals surface area (Å²) in [5.41, 5.74) is 0.965. The van der Waals surface area contributed by atoms with E-state index >= 15 is 0 Å². The van der Waals surface area contributed by atoms with Crippen LogP contribution in [0, 0.1) is 11.7 Å². The molecular weight excluding hydrogens is 347 g/mol. The molecule has 1 aliphatic carbocycles. The van der Waals surface area contributed by atoms with Crippen LogP contribution in [0.25, 0.3) is 0 Å². The molecule has 2 bridgehead atoms. The highest BCUT2D eigenvalue weighted by molar-refractivity contribution is 5.95. The van der Waals surface area contributed by atoms with Crippen LogP contribution in [0.3, 0.4) is 0 Å². The fourth-order valence-electron chi connectivity index (χ4n) is 4.19. The Morgan fingerprint density at radius 1 is 1.11 bits per heavy atom. The summed E-state index contributed by atoms with van der Waals surface area (Å²) in [6.07, 6.45) is 1.59. The number of methoxy groups -OCH3 is 1. The molecule has 1 N–H and O–H groups in total. The fourth-order valence-corrected chi connectivity index (χ4v) is 4.19. The van der Waals surface area contributed by atoms with E-state index in [0.29, 0.717) is 17.7 Å². The number of halogens is 1. The Balaban J connectivity index is 1.40. The Bertz CT molecular complexity index is 871. The molecule has 140 valence electrons. The minimum Gasteiger partial charge on any atom is -0.494 e. The molecule has 6 heteroatoms. The van der Waals surface area contributed by atoms with Crippen molar-refractivity contribution in [3.8, 4) is 5.75 Å². The molecule has 1 heterocycles. The molecule has 2 amide bonds. The highest BCUT2D eigenvalue weighted by Crippen LogP contribution is 2.39. The van der Waals surface area contributed by atoms with Crippen molar-refractivity contribution in [2.75, 3.05) is 13.7 Å². The maximum absolute atomic E-state index is 13.9. The lowest BCUT2D eigenvalue weighted by atomic mass is 10.0. The third-order valence-corrected chi connectivity index (χ3v) is 5.55. The average Bonchev–Trinajstić information content (AvgIpc) is 3.28. The van der Waals surface area contributed by atoms with E-state index in [-0.39, 0.29) is 35.6 Å². The number of rotatable bonds is 4. The number of carbonyl (C=O) groups excluding carboxylic acids is 2. The topological polar surface area (TPSA) is 58.6 Å². The molecular formula is C21H21FN2O3. The van der Waals surface area contributed by atoms with Crippen LogP contribution >= 0.6 is 0 Å². The van der Waals surface area contributed by atoms with Gasteiger partial charge in [-0.3, -0.25) is 9.59 Å². The highest BCUT2D eigenvalue weighted by Gasteiger charge is 2.47. The number of nitrogens with one attached hydrogen (secondary N) is 1. The zero-order valence-electron chi connectivity index (χ0n) is 15.0. The lowest BCUT2D eigenvalue weighted by molar-refractivity contribution is 0.0679. The summed E-state index contributed by atoms with van der Waals surface area (Å²) < 4.78 is 18.8. The van der Waals surface area contributed by atoms with E-state index in [1.54, 1.807) is 23.1 Å². The number of amides is 2. The van der Waals surface area contributed by atoms with Gasteiger partial charge in [0, 0.05) is 29.8 Å². The number of hydrogen-bond acceptors (Lipinski definition) is 3. The van der Waals surface area contributed by atoms with Gasteiger partial charge in [0.25, 0.3) is 11.8 Å². The third kappa shape index (κ3) is 3.27. The van der Waals surface area contributed by atoms with Gasteiger partial charge in [0.15, 0.2) is 11.6 Å². The van der Waals surface area contributed by atoms with Gasteiger partial charge in [-0.1, -0.05) is 18.2 Å². The van der Waals surface area contributed by atoms with Gasteiger partial charge >= 0.3 is 0 Å². The van der Waals surface area contributed by atoms with Crippen LogP contribution < -0.4 is 10.1 Å². The normalized spacial score (nSPS) is 23.3. The first-order valence-corrected chi connectivity index (χ1v) is 9.07. The van der Waals surface area contributed by atoms with Crippen LogP contribution in [-0.4, -0.2) is 42.5 Å². The first kappa shape index (κ1) is 17.5. The molecule has 1 aliphatic heterocycles. The summed E-state index contributed by atoms with van der Waals surface area (Å²) in [6, 6.07) is 13.6. The van der Waals surface area contributed by atoms with Crippen molar-refractivity contribution < 1.29 is 18.7 Å². The second kappa shape index (κ2) is 7.02. The standard InChI is InChI=1S/C21H21FN2O3/c1-27-19-8-7-14(10-17(19)22)21(26)24-12-15-9-16(24)11-18(15)23-20(25)13-5-3-2-4-6-13/h2-8,10,15-16,18H,9,11-12H2,1H3,(H,23,25). The van der Waals surface area contributed by atoms with Gasteiger partial charge in [0.2, 0.25) is 0 Å². The zero-order chi connectivity index (χ0) is 19.0. The monoisotopic (exact) mass is 368 g/mol. The minimum absolute atomic E-state index is 0.0689. The number of nitrogens with zero attached hydrogens (tertiary/aromatic N) is 1. The van der Waals surface area contributed by atoms with Crippen molar-refractivity contribution in [2.24, 2.45) is 5.92 Å². The number of carbonyl (C=O) groups is 2. The molecule has 4 rings (SSSR count). The van der Waals surface area contributed by atoms with E-state index in [1.165, 1.54) is 19.2 Å². The smallest absolute Gasteiger partial charge is 0.254 e. The number of hydrogen-bond donors (Lipinski definition) is 1. The highest BCUT2D eigenvalue weighted by atomic mass is 19.1. The quantitative estimate of drug-likeness (QED) is 0.903. The number of ether oxygens (including phenoxy) is 1. The van der Waals surface area contributed by atoms with Crippen molar-refractivity contribution in [3.63, 3.8) is 0 Å². The Labute approximate surface area is 157 Å². The lowest BCUT2D eigenvalue weighted by Crippen LogP contribution is -2.47. The predicted molar refractivity (Wildman–Crippen MR) is 98.2 cm³/mol. The van der Waals surface area contributed by atoms with Gasteiger partial charge in [-0.2, -0.15) is 0 Å². The van der Waals surface area contributed by atoms with E-state index < -0.39 is 5.82 Å². The van der Waals surface area contributed by atoms with E-state index in [0.717, 1.165) is 12.8 Å². The zero-order valence-corrected chi connectivity index (χ0v) is 15.0. The second-order valence-corrected chi connectivity index (χ2v) is 7.14. The SMILES string of the molecule is COc1ccc(C(=O)N2CC3CC2CC3NC(=O)c2ccccc2)cc1F. The van der Waals surface area contributed by atoms with Gasteiger partial charge < -0.3 is 15.0 Å². The number of benzene rings is 2. The van der Waals surface area contributed by atoms with Crippen molar-refractivity contribution >= 4 is 11.8 Å². The van der Waals surface area contributed by atoms with Gasteiger partial charge in [0.05, 0.1) is 7.11 Å². The summed E-state index contributed by atoms with van der Waals surface area (Å²) in [6.45, 7) is 0.580. The molecule has 27 heavy (non-hydrogen) atoms. The van der Waals surface area contributed by atoms with Gasteiger partial charge in [-0.25, -0.2) is 4.39 Å². The van der Waals surface area contributed by atoms with Crippen LogP contribution in [0.15, 0.2) is 48.5 Å². The van der Waals surface area contributed by atoms with E-state index in [4.69, 9.17) is 4.74 Å². The summed E-state index contributed by atoms with van der Waals surface area (Å²) >= 11 is 0. The predicted octanol–water partition coefficient (Wildman–Crippen LogP) is 2.87.